The molecule has 0 spiro atoms. The van der Waals surface area contributed by atoms with Crippen molar-refractivity contribution < 1.29 is 18.0 Å². The van der Waals surface area contributed by atoms with Crippen molar-refractivity contribution in [1.29, 1.82) is 10.8 Å². The smallest absolute Gasteiger partial charge is 0.256 e. The molecule has 2 amide bonds. The van der Waals surface area contributed by atoms with Gasteiger partial charge in [0.1, 0.15) is 5.00 Å². The standard InChI is InChI=1S/C22H28N6O4S2/c1-3-27-11-8-17-18(14-27)33-22(19(17)21(30)25-2)26-20(29)15-4-6-16(7-5-15)34(31,32)28(12-9-23)13-10-24/h4-7,9-10,23-24H,3,8,11-14H2,1-2H3,(H,25,30)(H,26,29). The van der Waals surface area contributed by atoms with E-state index in [-0.39, 0.29) is 29.5 Å². The van der Waals surface area contributed by atoms with Gasteiger partial charge in [-0.05, 0) is 42.8 Å². The highest BCUT2D eigenvalue weighted by Gasteiger charge is 2.28. The van der Waals surface area contributed by atoms with Gasteiger partial charge in [-0.2, -0.15) is 4.31 Å². The van der Waals surface area contributed by atoms with Crippen LogP contribution in [0.5, 0.6) is 0 Å². The Labute approximate surface area is 203 Å². The van der Waals surface area contributed by atoms with Crippen molar-refractivity contribution in [3.63, 3.8) is 0 Å². The second-order valence-corrected chi connectivity index (χ2v) is 10.7. The second-order valence-electron chi connectivity index (χ2n) is 7.61. The maximum atomic E-state index is 12.9. The summed E-state index contributed by atoms with van der Waals surface area (Å²) in [6.07, 6.45) is 2.63. The highest BCUT2D eigenvalue weighted by Crippen LogP contribution is 2.37. The summed E-state index contributed by atoms with van der Waals surface area (Å²) < 4.78 is 26.5. The Bertz CT molecular complexity index is 1180. The van der Waals surface area contributed by atoms with Crippen LogP contribution in [-0.4, -0.2) is 75.1 Å². The van der Waals surface area contributed by atoms with Gasteiger partial charge in [0, 0.05) is 56.1 Å². The molecule has 34 heavy (non-hydrogen) atoms. The molecule has 182 valence electrons. The first-order valence-corrected chi connectivity index (χ1v) is 13.0. The molecule has 0 aliphatic carbocycles. The summed E-state index contributed by atoms with van der Waals surface area (Å²) in [7, 11) is -2.36. The van der Waals surface area contributed by atoms with Gasteiger partial charge < -0.3 is 21.5 Å². The summed E-state index contributed by atoms with van der Waals surface area (Å²) >= 11 is 1.39. The number of nitrogens with zero attached hydrogens (tertiary/aromatic N) is 2. The largest absolute Gasteiger partial charge is 0.355 e. The number of hydrogen-bond donors (Lipinski definition) is 4. The van der Waals surface area contributed by atoms with Crippen LogP contribution in [0.15, 0.2) is 29.2 Å². The molecule has 0 saturated carbocycles. The molecule has 12 heteroatoms. The summed E-state index contributed by atoms with van der Waals surface area (Å²) in [5, 5.41) is 20.4. The summed E-state index contributed by atoms with van der Waals surface area (Å²) in [6.45, 7) is 4.26. The molecule has 10 nitrogen and oxygen atoms in total. The van der Waals surface area contributed by atoms with Crippen molar-refractivity contribution in [3.05, 3.63) is 45.8 Å². The number of amides is 2. The molecule has 0 saturated heterocycles. The predicted octanol–water partition coefficient (Wildman–Crippen LogP) is 2.03. The zero-order valence-electron chi connectivity index (χ0n) is 19.1. The number of fused-ring (bicyclic) bond motifs is 1. The molecule has 0 fully saturated rings. The fourth-order valence-corrected chi connectivity index (χ4v) is 6.36. The Kier molecular flexibility index (Phi) is 8.31. The number of hydrogen-bond acceptors (Lipinski definition) is 8. The molecular formula is C22H28N6O4S2. The second kappa shape index (κ2) is 11.0. The van der Waals surface area contributed by atoms with Crippen molar-refractivity contribution in [2.45, 2.75) is 24.8 Å². The fraction of sp³-hybridized carbons (Fsp3) is 0.364. The maximum absolute atomic E-state index is 12.9. The van der Waals surface area contributed by atoms with Crippen LogP contribution < -0.4 is 10.6 Å². The quantitative estimate of drug-likeness (QED) is 0.366. The van der Waals surface area contributed by atoms with Crippen LogP contribution in [0, 0.1) is 10.8 Å². The molecule has 0 atom stereocenters. The third-order valence-electron chi connectivity index (χ3n) is 5.61. The van der Waals surface area contributed by atoms with Gasteiger partial charge in [0.2, 0.25) is 10.0 Å². The fourth-order valence-electron chi connectivity index (χ4n) is 3.76. The van der Waals surface area contributed by atoms with Gasteiger partial charge in [-0.3, -0.25) is 14.5 Å². The zero-order valence-corrected chi connectivity index (χ0v) is 20.7. The maximum Gasteiger partial charge on any atom is 0.256 e. The summed E-state index contributed by atoms with van der Waals surface area (Å²) in [5.74, 6) is -0.701. The van der Waals surface area contributed by atoms with E-state index < -0.39 is 15.9 Å². The first kappa shape index (κ1) is 25.7. The minimum absolute atomic E-state index is 0.0370. The van der Waals surface area contributed by atoms with E-state index in [1.54, 1.807) is 7.05 Å². The van der Waals surface area contributed by atoms with Crippen molar-refractivity contribution >= 4 is 50.6 Å². The van der Waals surface area contributed by atoms with Crippen LogP contribution in [0.4, 0.5) is 5.00 Å². The van der Waals surface area contributed by atoms with Gasteiger partial charge in [0.15, 0.2) is 0 Å². The van der Waals surface area contributed by atoms with Gasteiger partial charge in [-0.1, -0.05) is 6.92 Å². The molecule has 0 bridgehead atoms. The Morgan fingerprint density at radius 1 is 1.15 bits per heavy atom. The first-order chi connectivity index (χ1) is 16.3. The monoisotopic (exact) mass is 504 g/mol. The molecule has 0 radical (unpaired) electrons. The lowest BCUT2D eigenvalue weighted by molar-refractivity contribution is 0.0962. The van der Waals surface area contributed by atoms with E-state index in [1.165, 1.54) is 35.6 Å². The summed E-state index contributed by atoms with van der Waals surface area (Å²) in [4.78, 5) is 28.8. The Balaban J connectivity index is 1.85. The van der Waals surface area contributed by atoms with E-state index in [4.69, 9.17) is 10.8 Å². The molecule has 1 aliphatic rings. The van der Waals surface area contributed by atoms with E-state index in [1.807, 2.05) is 0 Å². The van der Waals surface area contributed by atoms with Crippen LogP contribution >= 0.6 is 11.3 Å². The molecule has 1 aromatic carbocycles. The topological polar surface area (TPSA) is 147 Å². The number of carbonyl (C=O) groups excluding carboxylic acids is 2. The molecule has 2 heterocycles. The van der Waals surface area contributed by atoms with Crippen LogP contribution in [0.3, 0.4) is 0 Å². The SMILES string of the molecule is CCN1CCc2c(sc(NC(=O)c3ccc(S(=O)(=O)N(CC=N)CC=N)cc3)c2C(=O)NC)C1. The number of sulfonamides is 1. The van der Waals surface area contributed by atoms with Crippen LogP contribution in [0.1, 0.15) is 38.1 Å². The Morgan fingerprint density at radius 2 is 1.79 bits per heavy atom. The van der Waals surface area contributed by atoms with E-state index >= 15 is 0 Å². The Morgan fingerprint density at radius 3 is 2.35 bits per heavy atom. The average molecular weight is 505 g/mol. The van der Waals surface area contributed by atoms with Gasteiger partial charge >= 0.3 is 0 Å². The van der Waals surface area contributed by atoms with Crippen molar-refractivity contribution in [2.24, 2.45) is 0 Å². The Hall–Kier alpha value is -2.93. The van der Waals surface area contributed by atoms with E-state index in [0.29, 0.717) is 10.6 Å². The number of benzene rings is 1. The minimum atomic E-state index is -3.91. The van der Waals surface area contributed by atoms with E-state index in [9.17, 15) is 18.0 Å². The number of carbonyl (C=O) groups is 2. The number of likely N-dealkylation sites (N-methyl/N-ethyl adjacent to an activating group) is 1. The summed E-state index contributed by atoms with van der Waals surface area (Å²) in [5.41, 5.74) is 1.69. The number of thiophene rings is 1. The van der Waals surface area contributed by atoms with Gasteiger partial charge in [0.25, 0.3) is 11.8 Å². The lowest BCUT2D eigenvalue weighted by atomic mass is 10.0. The highest BCUT2D eigenvalue weighted by atomic mass is 32.2. The lowest BCUT2D eigenvalue weighted by Gasteiger charge is -2.25. The third-order valence-corrected chi connectivity index (χ3v) is 8.59. The van der Waals surface area contributed by atoms with Gasteiger partial charge in [0.05, 0.1) is 10.5 Å². The predicted molar refractivity (Wildman–Crippen MR) is 133 cm³/mol. The molecule has 3 rings (SSSR count). The lowest BCUT2D eigenvalue weighted by Crippen LogP contribution is -2.34. The van der Waals surface area contributed by atoms with Gasteiger partial charge in [-0.15, -0.1) is 11.3 Å². The molecule has 4 N–H and O–H groups in total. The molecule has 2 aromatic rings. The van der Waals surface area contributed by atoms with Crippen molar-refractivity contribution in [3.8, 4) is 0 Å². The number of nitrogens with one attached hydrogen (secondary N) is 4. The highest BCUT2D eigenvalue weighted by molar-refractivity contribution is 7.89. The molecular weight excluding hydrogens is 476 g/mol. The van der Waals surface area contributed by atoms with E-state index in [0.717, 1.165) is 53.2 Å². The normalized spacial score (nSPS) is 13.9. The number of anilines is 1. The summed E-state index contributed by atoms with van der Waals surface area (Å²) in [6, 6.07) is 5.45. The van der Waals surface area contributed by atoms with Gasteiger partial charge in [-0.25, -0.2) is 8.42 Å². The zero-order chi connectivity index (χ0) is 24.9. The first-order valence-electron chi connectivity index (χ1n) is 10.7. The number of rotatable bonds is 10. The van der Waals surface area contributed by atoms with Crippen LogP contribution in [0.25, 0.3) is 0 Å². The average Bonchev–Trinajstić information content (AvgIpc) is 3.20. The van der Waals surface area contributed by atoms with Crippen molar-refractivity contribution in [1.82, 2.24) is 14.5 Å². The third kappa shape index (κ3) is 5.25. The molecule has 1 aromatic heterocycles. The van der Waals surface area contributed by atoms with Crippen molar-refractivity contribution in [2.75, 3.05) is 38.5 Å². The molecule has 1 aliphatic heterocycles. The minimum Gasteiger partial charge on any atom is -0.355 e. The van der Waals surface area contributed by atoms with E-state index in [2.05, 4.69) is 22.5 Å². The van der Waals surface area contributed by atoms with Crippen LogP contribution in [0.2, 0.25) is 0 Å². The molecule has 0 unspecified atom stereocenters. The van der Waals surface area contributed by atoms with Crippen LogP contribution in [-0.2, 0) is 23.0 Å².